The predicted octanol–water partition coefficient (Wildman–Crippen LogP) is 4.75. The SMILES string of the molecule is COc1ccc(CO[C@H]2CCC(O[Si](C)(C)C)=C[C@@H]2C)cc1. The van der Waals surface area contributed by atoms with Crippen molar-refractivity contribution in [3.8, 4) is 5.75 Å². The van der Waals surface area contributed by atoms with Gasteiger partial charge in [0.25, 0.3) is 0 Å². The Morgan fingerprint density at radius 3 is 2.36 bits per heavy atom. The molecule has 122 valence electrons. The first-order chi connectivity index (χ1) is 10.4. The summed E-state index contributed by atoms with van der Waals surface area (Å²) in [5.41, 5.74) is 1.18. The quantitative estimate of drug-likeness (QED) is 0.708. The van der Waals surface area contributed by atoms with Crippen LogP contribution in [-0.4, -0.2) is 21.5 Å². The molecule has 1 aromatic carbocycles. The van der Waals surface area contributed by atoms with E-state index in [1.54, 1.807) is 7.11 Å². The Bertz CT molecular complexity index is 502. The van der Waals surface area contributed by atoms with Gasteiger partial charge in [-0.05, 0) is 49.8 Å². The molecule has 0 N–H and O–H groups in total. The van der Waals surface area contributed by atoms with Crippen molar-refractivity contribution in [2.45, 2.75) is 52.1 Å². The lowest BCUT2D eigenvalue weighted by Crippen LogP contribution is -2.29. The van der Waals surface area contributed by atoms with Crippen LogP contribution in [0.15, 0.2) is 36.1 Å². The first kappa shape index (κ1) is 17.1. The molecule has 0 radical (unpaired) electrons. The van der Waals surface area contributed by atoms with Gasteiger partial charge in [0.05, 0.1) is 25.6 Å². The Balaban J connectivity index is 1.86. The van der Waals surface area contributed by atoms with E-state index in [0.717, 1.165) is 24.4 Å². The van der Waals surface area contributed by atoms with Crippen molar-refractivity contribution in [2.24, 2.45) is 5.92 Å². The lowest BCUT2D eigenvalue weighted by atomic mass is 9.93. The number of methoxy groups -OCH3 is 1. The van der Waals surface area contributed by atoms with Gasteiger partial charge in [-0.25, -0.2) is 0 Å². The van der Waals surface area contributed by atoms with Crippen LogP contribution in [-0.2, 0) is 15.8 Å². The fourth-order valence-corrected chi connectivity index (χ4v) is 3.63. The van der Waals surface area contributed by atoms with E-state index in [-0.39, 0.29) is 6.10 Å². The van der Waals surface area contributed by atoms with E-state index in [1.165, 1.54) is 5.56 Å². The summed E-state index contributed by atoms with van der Waals surface area (Å²) < 4.78 is 17.4. The van der Waals surface area contributed by atoms with E-state index >= 15 is 0 Å². The highest BCUT2D eigenvalue weighted by Crippen LogP contribution is 2.29. The lowest BCUT2D eigenvalue weighted by molar-refractivity contribution is 0.00558. The van der Waals surface area contributed by atoms with E-state index in [2.05, 4.69) is 44.8 Å². The number of allylic oxidation sites excluding steroid dienone is 1. The molecule has 0 aromatic heterocycles. The van der Waals surface area contributed by atoms with Gasteiger partial charge in [-0.2, -0.15) is 0 Å². The molecular weight excluding hydrogens is 292 g/mol. The Kier molecular flexibility index (Phi) is 5.70. The Morgan fingerprint density at radius 1 is 1.14 bits per heavy atom. The third kappa shape index (κ3) is 5.18. The van der Waals surface area contributed by atoms with Crippen molar-refractivity contribution in [1.82, 2.24) is 0 Å². The summed E-state index contributed by atoms with van der Waals surface area (Å²) in [5.74, 6) is 2.44. The molecule has 0 unspecified atom stereocenters. The van der Waals surface area contributed by atoms with Crippen LogP contribution >= 0.6 is 0 Å². The van der Waals surface area contributed by atoms with Crippen LogP contribution in [0.25, 0.3) is 0 Å². The highest BCUT2D eigenvalue weighted by Gasteiger charge is 2.25. The smallest absolute Gasteiger partial charge is 0.241 e. The van der Waals surface area contributed by atoms with Crippen molar-refractivity contribution in [2.75, 3.05) is 7.11 Å². The molecule has 0 spiro atoms. The Labute approximate surface area is 135 Å². The number of hydrogen-bond acceptors (Lipinski definition) is 3. The van der Waals surface area contributed by atoms with Crippen LogP contribution < -0.4 is 4.74 Å². The van der Waals surface area contributed by atoms with E-state index in [1.807, 2.05) is 12.1 Å². The van der Waals surface area contributed by atoms with Crippen molar-refractivity contribution in [3.63, 3.8) is 0 Å². The normalized spacial score (nSPS) is 22.1. The molecule has 1 aromatic rings. The van der Waals surface area contributed by atoms with Gasteiger partial charge in [0.15, 0.2) is 0 Å². The molecule has 0 fully saturated rings. The zero-order chi connectivity index (χ0) is 16.2. The molecule has 3 nitrogen and oxygen atoms in total. The third-order valence-electron chi connectivity index (χ3n) is 3.77. The van der Waals surface area contributed by atoms with Gasteiger partial charge in [-0.15, -0.1) is 0 Å². The minimum atomic E-state index is -1.50. The summed E-state index contributed by atoms with van der Waals surface area (Å²) in [5, 5.41) is 0. The van der Waals surface area contributed by atoms with E-state index in [4.69, 9.17) is 13.9 Å². The molecule has 22 heavy (non-hydrogen) atoms. The molecule has 1 aliphatic carbocycles. The highest BCUT2D eigenvalue weighted by molar-refractivity contribution is 6.70. The summed E-state index contributed by atoms with van der Waals surface area (Å²) in [7, 11) is 0.185. The number of benzene rings is 1. The fourth-order valence-electron chi connectivity index (χ4n) is 2.67. The predicted molar refractivity (Wildman–Crippen MR) is 92.5 cm³/mol. The molecule has 0 saturated heterocycles. The second-order valence-electron chi connectivity index (χ2n) is 6.94. The maximum atomic E-state index is 6.12. The largest absolute Gasteiger partial charge is 0.548 e. The minimum absolute atomic E-state index is 0.274. The van der Waals surface area contributed by atoms with Gasteiger partial charge >= 0.3 is 0 Å². The molecule has 0 bridgehead atoms. The second kappa shape index (κ2) is 7.33. The van der Waals surface area contributed by atoms with Crippen LogP contribution in [0.5, 0.6) is 5.75 Å². The van der Waals surface area contributed by atoms with Crippen LogP contribution in [0.3, 0.4) is 0 Å². The zero-order valence-corrected chi connectivity index (χ0v) is 15.4. The van der Waals surface area contributed by atoms with Gasteiger partial charge in [0, 0.05) is 12.3 Å². The average molecular weight is 321 g/mol. The molecule has 2 rings (SSSR count). The number of rotatable bonds is 6. The molecule has 0 saturated carbocycles. The molecular formula is C18H28O3Si. The van der Waals surface area contributed by atoms with Crippen molar-refractivity contribution in [3.05, 3.63) is 41.7 Å². The van der Waals surface area contributed by atoms with Crippen LogP contribution in [0, 0.1) is 5.92 Å². The highest BCUT2D eigenvalue weighted by atomic mass is 28.4. The fraction of sp³-hybridized carbons (Fsp3) is 0.556. The molecule has 0 amide bonds. The average Bonchev–Trinajstić information content (AvgIpc) is 2.45. The van der Waals surface area contributed by atoms with Gasteiger partial charge in [0.2, 0.25) is 8.32 Å². The lowest BCUT2D eigenvalue weighted by Gasteiger charge is -2.31. The Morgan fingerprint density at radius 2 is 1.82 bits per heavy atom. The third-order valence-corrected chi connectivity index (χ3v) is 4.65. The van der Waals surface area contributed by atoms with Crippen molar-refractivity contribution in [1.29, 1.82) is 0 Å². The second-order valence-corrected chi connectivity index (χ2v) is 11.4. The first-order valence-electron chi connectivity index (χ1n) is 8.01. The maximum absolute atomic E-state index is 6.12. The van der Waals surface area contributed by atoms with Crippen molar-refractivity contribution >= 4 is 8.32 Å². The zero-order valence-electron chi connectivity index (χ0n) is 14.4. The topological polar surface area (TPSA) is 27.7 Å². The van der Waals surface area contributed by atoms with E-state index in [0.29, 0.717) is 12.5 Å². The summed E-state index contributed by atoms with van der Waals surface area (Å²) >= 11 is 0. The van der Waals surface area contributed by atoms with Gasteiger partial charge < -0.3 is 13.9 Å². The van der Waals surface area contributed by atoms with Gasteiger partial charge in [-0.3, -0.25) is 0 Å². The van der Waals surface area contributed by atoms with Crippen molar-refractivity contribution < 1.29 is 13.9 Å². The summed E-state index contributed by atoms with van der Waals surface area (Å²) in [6, 6.07) is 8.06. The molecule has 0 aliphatic heterocycles. The summed E-state index contributed by atoms with van der Waals surface area (Å²) in [4.78, 5) is 0. The molecule has 0 heterocycles. The molecule has 4 heteroatoms. The first-order valence-corrected chi connectivity index (χ1v) is 11.4. The van der Waals surface area contributed by atoms with Crippen LogP contribution in [0.2, 0.25) is 19.6 Å². The van der Waals surface area contributed by atoms with E-state index in [9.17, 15) is 0 Å². The number of hydrogen-bond donors (Lipinski definition) is 0. The van der Waals surface area contributed by atoms with Crippen LogP contribution in [0.4, 0.5) is 0 Å². The Hall–Kier alpha value is -1.26. The minimum Gasteiger partial charge on any atom is -0.548 e. The summed E-state index contributed by atoms with van der Waals surface area (Å²) in [6.07, 6.45) is 4.55. The van der Waals surface area contributed by atoms with Gasteiger partial charge in [-0.1, -0.05) is 19.1 Å². The monoisotopic (exact) mass is 320 g/mol. The molecule has 1 aliphatic rings. The van der Waals surface area contributed by atoms with Gasteiger partial charge in [0.1, 0.15) is 5.75 Å². The standard InChI is InChI=1S/C18H28O3Si/c1-14-12-17(21-22(3,4)5)10-11-18(14)20-13-15-6-8-16(19-2)9-7-15/h6-9,12,14,18H,10-11,13H2,1-5H3/t14-,18-/m0/s1. The maximum Gasteiger partial charge on any atom is 0.241 e. The van der Waals surface area contributed by atoms with E-state index < -0.39 is 8.32 Å². The van der Waals surface area contributed by atoms with Crippen LogP contribution in [0.1, 0.15) is 25.3 Å². The molecule has 2 atom stereocenters. The summed E-state index contributed by atoms with van der Waals surface area (Å²) in [6.45, 7) is 9.54. The number of ether oxygens (including phenoxy) is 2.